The van der Waals surface area contributed by atoms with Crippen molar-refractivity contribution in [1.82, 2.24) is 19.6 Å². The molecule has 4 atom stereocenters. The molecule has 0 radical (unpaired) electrons. The molecule has 0 spiro atoms. The minimum absolute atomic E-state index is 0.420. The predicted molar refractivity (Wildman–Crippen MR) is 110 cm³/mol. The first-order chi connectivity index (χ1) is 12.3. The minimum Gasteiger partial charge on any atom is -0.298 e. The Morgan fingerprint density at radius 3 is 2.31 bits per heavy atom. The number of hydrogen-bond acceptors (Lipinski definition) is 4. The number of piperazine rings is 2. The third-order valence-electron chi connectivity index (χ3n) is 8.31. The standard InChI is InChI=1S/C22H42N4/c1-18(2)23-9-12-26-15-20(14-22(26,5)17-23)13-19(3)24-10-11-25-8-6-7-21(25,4)16-24/h18-20H,6-17H2,1-5H3/t19-,20?,21-,22+/m1/s1. The monoisotopic (exact) mass is 362 g/mol. The number of rotatable bonds is 4. The van der Waals surface area contributed by atoms with Crippen molar-refractivity contribution >= 4 is 0 Å². The van der Waals surface area contributed by atoms with Gasteiger partial charge >= 0.3 is 0 Å². The summed E-state index contributed by atoms with van der Waals surface area (Å²) in [5, 5.41) is 0. The maximum atomic E-state index is 2.82. The van der Waals surface area contributed by atoms with Crippen molar-refractivity contribution in [1.29, 1.82) is 0 Å². The molecule has 4 heterocycles. The Hall–Kier alpha value is -0.160. The van der Waals surface area contributed by atoms with Crippen LogP contribution in [0.2, 0.25) is 0 Å². The summed E-state index contributed by atoms with van der Waals surface area (Å²) in [5.41, 5.74) is 0.881. The van der Waals surface area contributed by atoms with Gasteiger partial charge in [0.15, 0.2) is 0 Å². The Bertz CT molecular complexity index is 508. The van der Waals surface area contributed by atoms with Gasteiger partial charge in [-0.3, -0.25) is 19.6 Å². The van der Waals surface area contributed by atoms with Gasteiger partial charge in [0.25, 0.3) is 0 Å². The van der Waals surface area contributed by atoms with Crippen LogP contribution in [0.1, 0.15) is 60.3 Å². The number of nitrogens with zero attached hydrogens (tertiary/aromatic N) is 4. The van der Waals surface area contributed by atoms with Crippen LogP contribution < -0.4 is 0 Å². The summed E-state index contributed by atoms with van der Waals surface area (Å²) >= 11 is 0. The molecule has 4 nitrogen and oxygen atoms in total. The Kier molecular flexibility index (Phi) is 5.18. The Balaban J connectivity index is 1.34. The zero-order valence-corrected chi connectivity index (χ0v) is 18.0. The van der Waals surface area contributed by atoms with Gasteiger partial charge in [-0.2, -0.15) is 0 Å². The van der Waals surface area contributed by atoms with E-state index in [2.05, 4.69) is 54.2 Å². The molecule has 0 saturated carbocycles. The average Bonchev–Trinajstić information content (AvgIpc) is 3.11. The van der Waals surface area contributed by atoms with Crippen molar-refractivity contribution in [2.45, 2.75) is 83.5 Å². The summed E-state index contributed by atoms with van der Waals surface area (Å²) in [6.45, 7) is 22.6. The van der Waals surface area contributed by atoms with Gasteiger partial charge in [-0.25, -0.2) is 0 Å². The van der Waals surface area contributed by atoms with E-state index < -0.39 is 0 Å². The molecule has 26 heavy (non-hydrogen) atoms. The topological polar surface area (TPSA) is 13.0 Å². The molecule has 150 valence electrons. The van der Waals surface area contributed by atoms with E-state index in [4.69, 9.17) is 0 Å². The molecule has 0 bridgehead atoms. The molecule has 4 heteroatoms. The van der Waals surface area contributed by atoms with Crippen LogP contribution in [0.3, 0.4) is 0 Å². The predicted octanol–water partition coefficient (Wildman–Crippen LogP) is 2.74. The highest BCUT2D eigenvalue weighted by molar-refractivity contribution is 5.03. The molecular weight excluding hydrogens is 320 g/mol. The second-order valence-corrected chi connectivity index (χ2v) is 10.7. The minimum atomic E-state index is 0.420. The lowest BCUT2D eigenvalue weighted by atomic mass is 9.88. The first-order valence-corrected chi connectivity index (χ1v) is 11.3. The normalized spacial score (nSPS) is 41.5. The van der Waals surface area contributed by atoms with Gasteiger partial charge < -0.3 is 0 Å². The molecule has 0 aliphatic carbocycles. The van der Waals surface area contributed by atoms with E-state index in [1.165, 1.54) is 78.0 Å². The quantitative estimate of drug-likeness (QED) is 0.762. The molecule has 4 saturated heterocycles. The summed E-state index contributed by atoms with van der Waals surface area (Å²) in [5.74, 6) is 0.886. The third kappa shape index (κ3) is 3.47. The Morgan fingerprint density at radius 1 is 0.846 bits per heavy atom. The lowest BCUT2D eigenvalue weighted by Crippen LogP contribution is -2.59. The lowest BCUT2D eigenvalue weighted by molar-refractivity contribution is 0.0155. The van der Waals surface area contributed by atoms with Gasteiger partial charge in [-0.1, -0.05) is 0 Å². The summed E-state index contributed by atoms with van der Waals surface area (Å²) in [6.07, 6.45) is 5.60. The molecule has 0 N–H and O–H groups in total. The van der Waals surface area contributed by atoms with E-state index >= 15 is 0 Å². The van der Waals surface area contributed by atoms with Gasteiger partial charge in [0.1, 0.15) is 0 Å². The van der Waals surface area contributed by atoms with Crippen LogP contribution in [0, 0.1) is 5.92 Å². The highest BCUT2D eigenvalue weighted by Gasteiger charge is 2.47. The zero-order chi connectivity index (χ0) is 18.5. The molecule has 0 amide bonds. The second-order valence-electron chi connectivity index (χ2n) is 10.7. The fourth-order valence-electron chi connectivity index (χ4n) is 6.65. The SMILES string of the molecule is CC(C)N1CCN2CC(C[C@@H](C)N3CCN4CCC[C@]4(C)C3)C[C@@]2(C)C1. The van der Waals surface area contributed by atoms with Gasteiger partial charge in [0.05, 0.1) is 0 Å². The molecule has 0 aromatic rings. The van der Waals surface area contributed by atoms with E-state index in [0.29, 0.717) is 17.1 Å². The van der Waals surface area contributed by atoms with Gasteiger partial charge in [-0.05, 0) is 72.8 Å². The van der Waals surface area contributed by atoms with Gasteiger partial charge in [0.2, 0.25) is 0 Å². The summed E-state index contributed by atoms with van der Waals surface area (Å²) in [7, 11) is 0. The zero-order valence-electron chi connectivity index (χ0n) is 18.0. The molecule has 0 aromatic carbocycles. The van der Waals surface area contributed by atoms with Crippen molar-refractivity contribution in [2.75, 3.05) is 52.4 Å². The first-order valence-electron chi connectivity index (χ1n) is 11.3. The van der Waals surface area contributed by atoms with Crippen LogP contribution in [0.15, 0.2) is 0 Å². The van der Waals surface area contributed by atoms with Crippen molar-refractivity contribution in [2.24, 2.45) is 5.92 Å². The molecular formula is C22H42N4. The van der Waals surface area contributed by atoms with Crippen LogP contribution in [0.4, 0.5) is 0 Å². The van der Waals surface area contributed by atoms with E-state index in [9.17, 15) is 0 Å². The first kappa shape index (κ1) is 19.2. The third-order valence-corrected chi connectivity index (χ3v) is 8.31. The summed E-state index contributed by atoms with van der Waals surface area (Å²) in [4.78, 5) is 11.1. The van der Waals surface area contributed by atoms with Crippen LogP contribution in [0.25, 0.3) is 0 Å². The molecule has 1 unspecified atom stereocenters. The van der Waals surface area contributed by atoms with Gasteiger partial charge in [-0.15, -0.1) is 0 Å². The van der Waals surface area contributed by atoms with E-state index in [-0.39, 0.29) is 0 Å². The van der Waals surface area contributed by atoms with Crippen molar-refractivity contribution in [3.05, 3.63) is 0 Å². The fourth-order valence-corrected chi connectivity index (χ4v) is 6.65. The largest absolute Gasteiger partial charge is 0.298 e. The van der Waals surface area contributed by atoms with Gasteiger partial charge in [0, 0.05) is 69.0 Å². The molecule has 4 rings (SSSR count). The van der Waals surface area contributed by atoms with Crippen LogP contribution in [-0.4, -0.2) is 95.1 Å². The highest BCUT2D eigenvalue weighted by atomic mass is 15.3. The smallest absolute Gasteiger partial charge is 0.0312 e. The van der Waals surface area contributed by atoms with Crippen LogP contribution in [0.5, 0.6) is 0 Å². The van der Waals surface area contributed by atoms with E-state index in [1.54, 1.807) is 0 Å². The highest BCUT2D eigenvalue weighted by Crippen LogP contribution is 2.39. The average molecular weight is 363 g/mol. The number of hydrogen-bond donors (Lipinski definition) is 0. The van der Waals surface area contributed by atoms with Crippen LogP contribution >= 0.6 is 0 Å². The maximum absolute atomic E-state index is 2.82. The second kappa shape index (κ2) is 7.02. The Morgan fingerprint density at radius 2 is 1.54 bits per heavy atom. The number of fused-ring (bicyclic) bond motifs is 2. The maximum Gasteiger partial charge on any atom is 0.0312 e. The van der Waals surface area contributed by atoms with E-state index in [1.807, 2.05) is 0 Å². The molecule has 0 aromatic heterocycles. The van der Waals surface area contributed by atoms with Crippen molar-refractivity contribution in [3.63, 3.8) is 0 Å². The Labute approximate surface area is 161 Å². The van der Waals surface area contributed by atoms with Crippen molar-refractivity contribution < 1.29 is 0 Å². The molecule has 4 aliphatic rings. The van der Waals surface area contributed by atoms with Crippen molar-refractivity contribution in [3.8, 4) is 0 Å². The van der Waals surface area contributed by atoms with E-state index in [0.717, 1.165) is 12.0 Å². The summed E-state index contributed by atoms with van der Waals surface area (Å²) < 4.78 is 0. The molecule has 4 aliphatic heterocycles. The van der Waals surface area contributed by atoms with Crippen LogP contribution in [-0.2, 0) is 0 Å². The lowest BCUT2D eigenvalue weighted by Gasteiger charge is -2.47. The molecule has 4 fully saturated rings. The fraction of sp³-hybridized carbons (Fsp3) is 1.00. The summed E-state index contributed by atoms with van der Waals surface area (Å²) in [6, 6.07) is 1.43.